The van der Waals surface area contributed by atoms with Crippen LogP contribution in [0.1, 0.15) is 30.5 Å². The summed E-state index contributed by atoms with van der Waals surface area (Å²) in [6, 6.07) is 26.1. The van der Waals surface area contributed by atoms with Gasteiger partial charge >= 0.3 is 0 Å². The summed E-state index contributed by atoms with van der Waals surface area (Å²) < 4.78 is 0. The fourth-order valence-corrected chi connectivity index (χ4v) is 5.00. The molecular formula is C39H44N4. The quantitative estimate of drug-likeness (QED) is 0.262. The molecule has 220 valence electrons. The van der Waals surface area contributed by atoms with Crippen molar-refractivity contribution >= 4 is 33.9 Å². The Kier molecular flexibility index (Phi) is 10.0. The van der Waals surface area contributed by atoms with Crippen LogP contribution in [0.25, 0.3) is 11.1 Å². The van der Waals surface area contributed by atoms with Crippen LogP contribution in [0.2, 0.25) is 0 Å². The molecule has 1 N–H and O–H groups in total. The van der Waals surface area contributed by atoms with Gasteiger partial charge in [-0.1, -0.05) is 72.9 Å². The van der Waals surface area contributed by atoms with Crippen LogP contribution in [-0.2, 0) is 0 Å². The van der Waals surface area contributed by atoms with Crippen molar-refractivity contribution in [2.45, 2.75) is 13.8 Å². The molecule has 0 atom stereocenters. The van der Waals surface area contributed by atoms with Crippen LogP contribution in [0, 0.1) is 5.41 Å². The Morgan fingerprint density at radius 3 is 1.42 bits per heavy atom. The number of nitrogens with zero attached hydrogens (tertiary/aromatic N) is 3. The summed E-state index contributed by atoms with van der Waals surface area (Å²) in [5.41, 5.74) is 13.2. The second-order valence-corrected chi connectivity index (χ2v) is 11.5. The third-order valence-electron chi connectivity index (χ3n) is 7.91. The van der Waals surface area contributed by atoms with E-state index >= 15 is 0 Å². The molecule has 0 radical (unpaired) electrons. The molecule has 4 nitrogen and oxygen atoms in total. The maximum Gasteiger partial charge on any atom is 0.0572 e. The molecule has 3 aromatic carbocycles. The summed E-state index contributed by atoms with van der Waals surface area (Å²) in [7, 11) is 12.4. The SMILES string of the molecule is CC1=C(C)C(=C(C=CC=CC=C(c2ccc(N(C)C)cc2)c2ccc(N(C)C)cc2)c2ccc(N(C)C)cc2)C=CC1=N. The fraction of sp³-hybridized carbons (Fsp3) is 0.205. The predicted octanol–water partition coefficient (Wildman–Crippen LogP) is 8.81. The van der Waals surface area contributed by atoms with E-state index in [0.717, 1.165) is 33.5 Å². The van der Waals surface area contributed by atoms with Gasteiger partial charge < -0.3 is 20.1 Å². The lowest BCUT2D eigenvalue weighted by Crippen LogP contribution is -2.08. The average Bonchev–Trinajstić information content (AvgIpc) is 3.00. The first kappa shape index (κ1) is 31.1. The molecule has 0 saturated carbocycles. The van der Waals surface area contributed by atoms with Crippen molar-refractivity contribution in [1.29, 1.82) is 5.41 Å². The van der Waals surface area contributed by atoms with E-state index in [9.17, 15) is 0 Å². The molecule has 4 rings (SSSR count). The van der Waals surface area contributed by atoms with Crippen LogP contribution < -0.4 is 14.7 Å². The lowest BCUT2D eigenvalue weighted by Gasteiger charge is -2.18. The zero-order valence-corrected chi connectivity index (χ0v) is 26.8. The number of allylic oxidation sites excluding steroid dienone is 11. The zero-order chi connectivity index (χ0) is 31.1. The second kappa shape index (κ2) is 13.9. The molecule has 0 unspecified atom stereocenters. The van der Waals surface area contributed by atoms with Gasteiger partial charge in [0.05, 0.1) is 5.71 Å². The third-order valence-corrected chi connectivity index (χ3v) is 7.91. The van der Waals surface area contributed by atoms with E-state index in [1.165, 1.54) is 28.1 Å². The van der Waals surface area contributed by atoms with E-state index in [4.69, 9.17) is 5.41 Å². The van der Waals surface area contributed by atoms with Gasteiger partial charge in [0.25, 0.3) is 0 Å². The number of rotatable bonds is 9. The van der Waals surface area contributed by atoms with Crippen molar-refractivity contribution < 1.29 is 0 Å². The van der Waals surface area contributed by atoms with Gasteiger partial charge in [-0.05, 0) is 101 Å². The fourth-order valence-electron chi connectivity index (χ4n) is 5.00. The summed E-state index contributed by atoms with van der Waals surface area (Å²) in [6.07, 6.45) is 14.7. The van der Waals surface area contributed by atoms with E-state index < -0.39 is 0 Å². The first-order valence-electron chi connectivity index (χ1n) is 14.6. The van der Waals surface area contributed by atoms with Crippen LogP contribution in [0.5, 0.6) is 0 Å². The van der Waals surface area contributed by atoms with Crippen molar-refractivity contribution in [2.75, 3.05) is 57.0 Å². The molecule has 1 aliphatic rings. The zero-order valence-electron chi connectivity index (χ0n) is 26.8. The molecule has 0 saturated heterocycles. The highest BCUT2D eigenvalue weighted by Crippen LogP contribution is 2.32. The molecule has 1 aliphatic carbocycles. The highest BCUT2D eigenvalue weighted by atomic mass is 15.1. The molecule has 0 spiro atoms. The monoisotopic (exact) mass is 568 g/mol. The molecular weight excluding hydrogens is 524 g/mol. The maximum absolute atomic E-state index is 8.26. The summed E-state index contributed by atoms with van der Waals surface area (Å²) in [4.78, 5) is 6.34. The van der Waals surface area contributed by atoms with Gasteiger partial charge in [-0.25, -0.2) is 0 Å². The minimum Gasteiger partial charge on any atom is -0.378 e. The summed E-state index contributed by atoms with van der Waals surface area (Å²) in [5, 5.41) is 8.26. The van der Waals surface area contributed by atoms with Gasteiger partial charge in [-0.3, -0.25) is 0 Å². The summed E-state index contributed by atoms with van der Waals surface area (Å²) in [5.74, 6) is 0. The normalized spacial score (nSPS) is 14.5. The van der Waals surface area contributed by atoms with Crippen molar-refractivity contribution in [1.82, 2.24) is 0 Å². The molecule has 0 fully saturated rings. The molecule has 43 heavy (non-hydrogen) atoms. The molecule has 0 heterocycles. The lowest BCUT2D eigenvalue weighted by atomic mass is 9.87. The van der Waals surface area contributed by atoms with Gasteiger partial charge in [-0.15, -0.1) is 0 Å². The highest BCUT2D eigenvalue weighted by Gasteiger charge is 2.15. The Balaban J connectivity index is 1.72. The second-order valence-electron chi connectivity index (χ2n) is 11.5. The number of hydrogen-bond donors (Lipinski definition) is 1. The Labute approximate surface area is 258 Å². The van der Waals surface area contributed by atoms with E-state index in [-0.39, 0.29) is 0 Å². The smallest absolute Gasteiger partial charge is 0.0572 e. The highest BCUT2D eigenvalue weighted by molar-refractivity contribution is 6.09. The van der Waals surface area contributed by atoms with Crippen LogP contribution in [0.15, 0.2) is 132 Å². The molecule has 0 bridgehead atoms. The number of nitrogens with one attached hydrogen (secondary N) is 1. The van der Waals surface area contributed by atoms with Crippen molar-refractivity contribution in [2.24, 2.45) is 0 Å². The van der Waals surface area contributed by atoms with E-state index in [1.807, 2.05) is 13.0 Å². The van der Waals surface area contributed by atoms with E-state index in [0.29, 0.717) is 5.71 Å². The van der Waals surface area contributed by atoms with Crippen LogP contribution >= 0.6 is 0 Å². The van der Waals surface area contributed by atoms with Crippen molar-refractivity contribution in [3.8, 4) is 0 Å². The lowest BCUT2D eigenvalue weighted by molar-refractivity contribution is 1.13. The van der Waals surface area contributed by atoms with Gasteiger partial charge in [0, 0.05) is 59.3 Å². The first-order valence-corrected chi connectivity index (χ1v) is 14.6. The molecule has 0 aromatic heterocycles. The van der Waals surface area contributed by atoms with E-state index in [1.54, 1.807) is 0 Å². The summed E-state index contributed by atoms with van der Waals surface area (Å²) in [6.45, 7) is 4.14. The largest absolute Gasteiger partial charge is 0.378 e. The van der Waals surface area contributed by atoms with Gasteiger partial charge in [0.15, 0.2) is 0 Å². The maximum atomic E-state index is 8.26. The summed E-state index contributed by atoms with van der Waals surface area (Å²) >= 11 is 0. The minimum absolute atomic E-state index is 0.572. The molecule has 0 aliphatic heterocycles. The Morgan fingerprint density at radius 1 is 0.535 bits per heavy atom. The first-order chi connectivity index (χ1) is 20.6. The molecule has 0 amide bonds. The Hall–Kier alpha value is -4.83. The van der Waals surface area contributed by atoms with Gasteiger partial charge in [0.1, 0.15) is 0 Å². The number of hydrogen-bond acceptors (Lipinski definition) is 4. The van der Waals surface area contributed by atoms with Crippen LogP contribution in [0.3, 0.4) is 0 Å². The number of benzene rings is 3. The number of anilines is 3. The van der Waals surface area contributed by atoms with Gasteiger partial charge in [0.2, 0.25) is 0 Å². The van der Waals surface area contributed by atoms with Crippen LogP contribution in [-0.4, -0.2) is 48.0 Å². The Morgan fingerprint density at radius 2 is 0.977 bits per heavy atom. The molecule has 3 aromatic rings. The van der Waals surface area contributed by atoms with Crippen molar-refractivity contribution in [3.05, 3.63) is 149 Å². The van der Waals surface area contributed by atoms with Crippen LogP contribution in [0.4, 0.5) is 17.1 Å². The van der Waals surface area contributed by atoms with Crippen molar-refractivity contribution in [3.63, 3.8) is 0 Å². The predicted molar refractivity (Wildman–Crippen MR) is 190 cm³/mol. The van der Waals surface area contributed by atoms with Gasteiger partial charge in [-0.2, -0.15) is 0 Å². The van der Waals surface area contributed by atoms with E-state index in [2.05, 4.69) is 173 Å². The average molecular weight is 569 g/mol. The minimum atomic E-state index is 0.572. The topological polar surface area (TPSA) is 33.6 Å². The molecule has 4 heteroatoms. The standard InChI is InChI=1S/C39H44N4/c1-28-29(2)39(40)27-26-36(28)38(32-18-24-35(25-19-32)43(7)8)13-11-9-10-12-37(30-14-20-33(21-15-30)41(3)4)31-16-22-34(23-17-31)42(5)6/h9-27,40H,1-8H3. The third kappa shape index (κ3) is 7.52. The Bertz CT molecular complexity index is 1570.